The van der Waals surface area contributed by atoms with Crippen molar-refractivity contribution in [2.45, 2.75) is 35.6 Å². The molecule has 0 atom stereocenters. The summed E-state index contributed by atoms with van der Waals surface area (Å²) in [4.78, 5) is 14.4. The van der Waals surface area contributed by atoms with Crippen LogP contribution in [0.1, 0.15) is 25.0 Å². The fourth-order valence-corrected chi connectivity index (χ4v) is 4.50. The van der Waals surface area contributed by atoms with Crippen LogP contribution in [-0.2, 0) is 21.6 Å². The van der Waals surface area contributed by atoms with Crippen LogP contribution in [0.15, 0.2) is 63.6 Å². The molecule has 0 aliphatic rings. The Morgan fingerprint density at radius 1 is 0.926 bits per heavy atom. The highest BCUT2D eigenvalue weighted by atomic mass is 79.9. The monoisotopic (exact) mass is 470 g/mol. The normalized spacial score (nSPS) is 11.3. The van der Waals surface area contributed by atoms with Crippen molar-refractivity contribution in [3.63, 3.8) is 0 Å². The van der Waals surface area contributed by atoms with Gasteiger partial charge in [-0.1, -0.05) is 61.8 Å². The van der Waals surface area contributed by atoms with Gasteiger partial charge in [0, 0.05) is 15.1 Å². The Kier molecular flexibility index (Phi) is 9.86. The van der Waals surface area contributed by atoms with Gasteiger partial charge < -0.3 is 4.84 Å². The Morgan fingerprint density at radius 2 is 1.44 bits per heavy atom. The third kappa shape index (κ3) is 7.27. The molecule has 5 nitrogen and oxygen atoms in total. The Bertz CT molecular complexity index is 708. The topological polar surface area (TPSA) is 37.1 Å². The summed E-state index contributed by atoms with van der Waals surface area (Å²) in [5.74, 6) is 0. The second kappa shape index (κ2) is 12.2. The van der Waals surface area contributed by atoms with E-state index in [1.54, 1.807) is 28.7 Å². The number of alkyl halides is 1. The number of nitrogens with zero attached hydrogens (tertiary/aromatic N) is 3. The summed E-state index contributed by atoms with van der Waals surface area (Å²) < 4.78 is 0. The van der Waals surface area contributed by atoms with Crippen LogP contribution in [0, 0.1) is 0 Å². The number of halogens is 1. The molecule has 0 amide bonds. The lowest BCUT2D eigenvalue weighted by Gasteiger charge is -2.09. The standard InChI is InChI=1S/C19H25BrN3O2S2/c1-4-22(5-2)23(24-3)21-25-15-17-8-12-19(13-9-17)27-26-18-10-6-16(14-20)7-11-18/h6-13H,4-5,14-15H2,1-3H3/q+1/b23-21-. The zero-order chi connectivity index (χ0) is 19.5. The first-order valence-corrected chi connectivity index (χ1v) is 12.0. The lowest BCUT2D eigenvalue weighted by Crippen LogP contribution is -2.33. The molecule has 27 heavy (non-hydrogen) atoms. The Morgan fingerprint density at radius 3 is 1.89 bits per heavy atom. The SMILES string of the molecule is CCN(CC)/[N+](=N/OCc1ccc(SSc2ccc(CBr)cc2)cc1)OC. The van der Waals surface area contributed by atoms with Crippen LogP contribution in [0.3, 0.4) is 0 Å². The fraction of sp³-hybridized carbons (Fsp3) is 0.368. The molecule has 0 saturated heterocycles. The van der Waals surface area contributed by atoms with Crippen molar-refractivity contribution in [1.29, 1.82) is 0 Å². The van der Waals surface area contributed by atoms with Crippen molar-refractivity contribution in [2.24, 2.45) is 5.28 Å². The summed E-state index contributed by atoms with van der Waals surface area (Å²) in [5.41, 5.74) is 2.34. The number of hydrogen-bond acceptors (Lipinski definition) is 5. The van der Waals surface area contributed by atoms with Gasteiger partial charge in [-0.2, -0.15) is 0 Å². The molecule has 0 aromatic heterocycles. The van der Waals surface area contributed by atoms with Gasteiger partial charge in [0.05, 0.1) is 13.1 Å². The van der Waals surface area contributed by atoms with E-state index in [4.69, 9.17) is 9.68 Å². The van der Waals surface area contributed by atoms with Crippen LogP contribution in [0.2, 0.25) is 0 Å². The van der Waals surface area contributed by atoms with E-state index < -0.39 is 0 Å². The third-order valence-corrected chi connectivity index (χ3v) is 6.79. The molecule has 2 aromatic rings. The van der Waals surface area contributed by atoms with Gasteiger partial charge in [-0.15, -0.1) is 5.01 Å². The van der Waals surface area contributed by atoms with Crippen molar-refractivity contribution in [1.82, 2.24) is 5.01 Å². The minimum atomic E-state index is 0.396. The molecule has 0 fully saturated rings. The van der Waals surface area contributed by atoms with Gasteiger partial charge in [-0.25, -0.2) is 4.84 Å². The van der Waals surface area contributed by atoms with E-state index in [2.05, 4.69) is 69.7 Å². The molecule has 0 aliphatic heterocycles. The molecule has 8 heteroatoms. The van der Waals surface area contributed by atoms with E-state index in [9.17, 15) is 0 Å². The minimum Gasteiger partial charge on any atom is -0.337 e. The molecule has 0 saturated carbocycles. The number of hydrazine groups is 1. The van der Waals surface area contributed by atoms with E-state index >= 15 is 0 Å². The first-order valence-electron chi connectivity index (χ1n) is 8.70. The van der Waals surface area contributed by atoms with Crippen molar-refractivity contribution >= 4 is 37.5 Å². The van der Waals surface area contributed by atoms with E-state index in [-0.39, 0.29) is 0 Å². The average molecular weight is 471 g/mol. The molecule has 0 bridgehead atoms. The van der Waals surface area contributed by atoms with Crippen molar-refractivity contribution in [3.05, 3.63) is 59.7 Å². The highest BCUT2D eigenvalue weighted by molar-refractivity contribution is 9.08. The quantitative estimate of drug-likeness (QED) is 0.130. The first kappa shape index (κ1) is 21.9. The molecule has 2 aromatic carbocycles. The average Bonchev–Trinajstić information content (AvgIpc) is 2.73. The lowest BCUT2D eigenvalue weighted by atomic mass is 10.2. The molecular formula is C19H25BrN3O2S2+. The summed E-state index contributed by atoms with van der Waals surface area (Å²) >= 11 is 3.47. The first-order chi connectivity index (χ1) is 13.2. The van der Waals surface area contributed by atoms with Gasteiger partial charge in [0.15, 0.2) is 7.11 Å². The fourth-order valence-electron chi connectivity index (χ4n) is 2.19. The highest BCUT2D eigenvalue weighted by Crippen LogP contribution is 2.37. The van der Waals surface area contributed by atoms with Crippen LogP contribution in [0.4, 0.5) is 0 Å². The Balaban J connectivity index is 1.83. The van der Waals surface area contributed by atoms with Crippen molar-refractivity contribution < 1.29 is 14.6 Å². The van der Waals surface area contributed by atoms with Crippen molar-refractivity contribution in [3.8, 4) is 0 Å². The summed E-state index contributed by atoms with van der Waals surface area (Å²) in [6, 6.07) is 16.9. The summed E-state index contributed by atoms with van der Waals surface area (Å²) in [6.07, 6.45) is 0. The van der Waals surface area contributed by atoms with Crippen LogP contribution in [-0.4, -0.2) is 30.2 Å². The second-order valence-electron chi connectivity index (χ2n) is 5.52. The van der Waals surface area contributed by atoms with Gasteiger partial charge in [-0.3, -0.25) is 0 Å². The number of benzene rings is 2. The minimum absolute atomic E-state index is 0.396. The van der Waals surface area contributed by atoms with Crippen LogP contribution < -0.4 is 0 Å². The van der Waals surface area contributed by atoms with Crippen LogP contribution in [0.5, 0.6) is 0 Å². The maximum Gasteiger partial charge on any atom is 0.274 e. The summed E-state index contributed by atoms with van der Waals surface area (Å²) in [5, 5.41) is 6.82. The maximum absolute atomic E-state index is 5.42. The lowest BCUT2D eigenvalue weighted by molar-refractivity contribution is -0.943. The van der Waals surface area contributed by atoms with Gasteiger partial charge in [-0.05, 0) is 49.2 Å². The molecule has 2 rings (SSSR count). The zero-order valence-corrected chi connectivity index (χ0v) is 19.0. The largest absolute Gasteiger partial charge is 0.337 e. The van der Waals surface area contributed by atoms with Gasteiger partial charge in [0.2, 0.25) is 0 Å². The number of hydrogen-bond donors (Lipinski definition) is 0. The molecular weight excluding hydrogens is 446 g/mol. The predicted octanol–water partition coefficient (Wildman–Crippen LogP) is 6.10. The van der Waals surface area contributed by atoms with Crippen LogP contribution in [0.25, 0.3) is 0 Å². The second-order valence-corrected chi connectivity index (χ2v) is 8.35. The number of rotatable bonds is 11. The smallest absolute Gasteiger partial charge is 0.274 e. The Hall–Kier alpha value is -1.38. The molecule has 146 valence electrons. The molecule has 0 aliphatic carbocycles. The molecule has 0 spiro atoms. The third-order valence-electron chi connectivity index (χ3n) is 3.73. The van der Waals surface area contributed by atoms with Gasteiger partial charge >= 0.3 is 0 Å². The molecule has 0 radical (unpaired) electrons. The van der Waals surface area contributed by atoms with E-state index in [1.165, 1.54) is 20.3 Å². The van der Waals surface area contributed by atoms with E-state index in [0.717, 1.165) is 24.0 Å². The van der Waals surface area contributed by atoms with Crippen molar-refractivity contribution in [2.75, 3.05) is 20.2 Å². The molecule has 0 unspecified atom stereocenters. The van der Waals surface area contributed by atoms with E-state index in [1.807, 2.05) is 18.9 Å². The maximum atomic E-state index is 5.42. The van der Waals surface area contributed by atoms with E-state index in [0.29, 0.717) is 6.61 Å². The van der Waals surface area contributed by atoms with Crippen LogP contribution >= 0.6 is 37.5 Å². The summed E-state index contributed by atoms with van der Waals surface area (Å²) in [6.45, 7) is 6.05. The Labute approximate surface area is 177 Å². The van der Waals surface area contributed by atoms with Gasteiger partial charge in [0.1, 0.15) is 6.61 Å². The highest BCUT2D eigenvalue weighted by Gasteiger charge is 2.16. The zero-order valence-electron chi connectivity index (χ0n) is 15.8. The molecule has 0 N–H and O–H groups in total. The molecule has 0 heterocycles. The summed E-state index contributed by atoms with van der Waals surface area (Å²) in [7, 11) is 5.07. The van der Waals surface area contributed by atoms with Gasteiger partial charge in [0.25, 0.3) is 10.2 Å². The predicted molar refractivity (Wildman–Crippen MR) is 115 cm³/mol.